The van der Waals surface area contributed by atoms with Crippen LogP contribution >= 0.6 is 11.6 Å². The van der Waals surface area contributed by atoms with Crippen molar-refractivity contribution in [1.82, 2.24) is 0 Å². The van der Waals surface area contributed by atoms with Gasteiger partial charge in [0.05, 0.1) is 12.5 Å². The highest BCUT2D eigenvalue weighted by Crippen LogP contribution is 2.56. The van der Waals surface area contributed by atoms with Crippen LogP contribution in [0.1, 0.15) is 31.7 Å². The lowest BCUT2D eigenvalue weighted by atomic mass is 10.1. The van der Waals surface area contributed by atoms with E-state index in [1.165, 1.54) is 0 Å². The van der Waals surface area contributed by atoms with Crippen LogP contribution in [0.25, 0.3) is 0 Å². The minimum atomic E-state index is -0.0654. The average Bonchev–Trinajstić information content (AvgIpc) is 3.03. The van der Waals surface area contributed by atoms with Gasteiger partial charge in [0.15, 0.2) is 0 Å². The van der Waals surface area contributed by atoms with Crippen molar-refractivity contribution in [3.05, 3.63) is 34.9 Å². The fourth-order valence-corrected chi connectivity index (χ4v) is 2.81. The molecule has 0 aromatic heterocycles. The number of halogens is 1. The third-order valence-corrected chi connectivity index (χ3v) is 3.67. The summed E-state index contributed by atoms with van der Waals surface area (Å²) in [4.78, 5) is 11.8. The van der Waals surface area contributed by atoms with E-state index in [0.717, 1.165) is 17.0 Å². The molecule has 0 bridgehead atoms. The summed E-state index contributed by atoms with van der Waals surface area (Å²) in [5, 5.41) is 0.729. The van der Waals surface area contributed by atoms with Gasteiger partial charge in [-0.15, -0.1) is 0 Å². The lowest BCUT2D eigenvalue weighted by Crippen LogP contribution is -2.08. The molecular weight excluding hydrogens is 236 g/mol. The van der Waals surface area contributed by atoms with E-state index in [-0.39, 0.29) is 17.8 Å². The largest absolute Gasteiger partial charge is 0.466 e. The second kappa shape index (κ2) is 5.09. The Balaban J connectivity index is 2.14. The fourth-order valence-electron chi connectivity index (χ4n) is 2.61. The quantitative estimate of drug-likeness (QED) is 0.765. The van der Waals surface area contributed by atoms with Crippen LogP contribution in [0.4, 0.5) is 0 Å². The summed E-state index contributed by atoms with van der Waals surface area (Å²) in [6.07, 6.45) is 1.00. The van der Waals surface area contributed by atoms with Gasteiger partial charge in [-0.25, -0.2) is 0 Å². The summed E-state index contributed by atoms with van der Waals surface area (Å²) in [6.45, 7) is 4.41. The Kier molecular flexibility index (Phi) is 3.72. The van der Waals surface area contributed by atoms with Crippen molar-refractivity contribution >= 4 is 17.6 Å². The lowest BCUT2D eigenvalue weighted by molar-refractivity contribution is -0.145. The SMILES string of the molecule is CCOC(=O)C1[C@@H](c2cccc(Cl)c2)[C@H]1CC. The van der Waals surface area contributed by atoms with E-state index in [2.05, 4.69) is 6.92 Å². The Morgan fingerprint density at radius 3 is 2.76 bits per heavy atom. The van der Waals surface area contributed by atoms with E-state index in [1.807, 2.05) is 31.2 Å². The van der Waals surface area contributed by atoms with Crippen LogP contribution in [-0.4, -0.2) is 12.6 Å². The van der Waals surface area contributed by atoms with Crippen LogP contribution in [0.3, 0.4) is 0 Å². The van der Waals surface area contributed by atoms with Gasteiger partial charge in [-0.3, -0.25) is 4.79 Å². The molecule has 0 saturated heterocycles. The van der Waals surface area contributed by atoms with Crippen molar-refractivity contribution in [1.29, 1.82) is 0 Å². The number of hydrogen-bond acceptors (Lipinski definition) is 2. The zero-order chi connectivity index (χ0) is 12.4. The van der Waals surface area contributed by atoms with Crippen LogP contribution < -0.4 is 0 Å². The highest BCUT2D eigenvalue weighted by Gasteiger charge is 2.55. The molecule has 3 atom stereocenters. The van der Waals surface area contributed by atoms with E-state index < -0.39 is 0 Å². The first-order valence-electron chi connectivity index (χ1n) is 6.11. The van der Waals surface area contributed by atoms with E-state index in [1.54, 1.807) is 0 Å². The Hall–Kier alpha value is -1.02. The first-order valence-corrected chi connectivity index (χ1v) is 6.49. The van der Waals surface area contributed by atoms with Crippen molar-refractivity contribution in [3.8, 4) is 0 Å². The van der Waals surface area contributed by atoms with E-state index in [4.69, 9.17) is 16.3 Å². The van der Waals surface area contributed by atoms with E-state index in [9.17, 15) is 4.79 Å². The van der Waals surface area contributed by atoms with Crippen molar-refractivity contribution in [2.24, 2.45) is 11.8 Å². The molecule has 2 rings (SSSR count). The van der Waals surface area contributed by atoms with Gasteiger partial charge in [-0.2, -0.15) is 0 Å². The van der Waals surface area contributed by atoms with Gasteiger partial charge in [0.1, 0.15) is 0 Å². The third-order valence-electron chi connectivity index (χ3n) is 3.43. The first-order chi connectivity index (χ1) is 8.19. The summed E-state index contributed by atoms with van der Waals surface area (Å²) in [6, 6.07) is 7.78. The van der Waals surface area contributed by atoms with E-state index in [0.29, 0.717) is 12.5 Å². The molecule has 1 unspecified atom stereocenters. The first kappa shape index (κ1) is 12.4. The third kappa shape index (κ3) is 2.47. The predicted octanol–water partition coefficient (Wildman–Crippen LogP) is 3.64. The van der Waals surface area contributed by atoms with E-state index >= 15 is 0 Å². The Bertz CT molecular complexity index is 416. The van der Waals surface area contributed by atoms with Gasteiger partial charge in [-0.05, 0) is 30.5 Å². The van der Waals surface area contributed by atoms with Gasteiger partial charge in [0.2, 0.25) is 0 Å². The van der Waals surface area contributed by atoms with Crippen molar-refractivity contribution in [2.75, 3.05) is 6.61 Å². The maximum absolute atomic E-state index is 11.8. The smallest absolute Gasteiger partial charge is 0.309 e. The number of carbonyl (C=O) groups is 1. The molecule has 1 aromatic rings. The minimum absolute atomic E-state index is 0.0263. The molecule has 0 spiro atoms. The average molecular weight is 253 g/mol. The van der Waals surface area contributed by atoms with Crippen LogP contribution in [0, 0.1) is 11.8 Å². The molecule has 1 aromatic carbocycles. The number of esters is 1. The van der Waals surface area contributed by atoms with Gasteiger partial charge in [0.25, 0.3) is 0 Å². The highest BCUT2D eigenvalue weighted by molar-refractivity contribution is 6.30. The number of benzene rings is 1. The summed E-state index contributed by atoms with van der Waals surface area (Å²) in [5.74, 6) is 0.660. The molecule has 1 aliphatic rings. The highest BCUT2D eigenvalue weighted by atomic mass is 35.5. The van der Waals surface area contributed by atoms with Crippen LogP contribution in [0.5, 0.6) is 0 Å². The summed E-state index contributed by atoms with van der Waals surface area (Å²) in [7, 11) is 0. The zero-order valence-electron chi connectivity index (χ0n) is 10.2. The molecule has 0 N–H and O–H groups in total. The number of hydrogen-bond donors (Lipinski definition) is 0. The van der Waals surface area contributed by atoms with Crippen LogP contribution in [0.15, 0.2) is 24.3 Å². The van der Waals surface area contributed by atoms with Gasteiger partial charge in [-0.1, -0.05) is 37.1 Å². The van der Waals surface area contributed by atoms with Crippen LogP contribution in [0.2, 0.25) is 5.02 Å². The fraction of sp³-hybridized carbons (Fsp3) is 0.500. The molecule has 0 heterocycles. The zero-order valence-corrected chi connectivity index (χ0v) is 10.9. The molecule has 1 fully saturated rings. The maximum atomic E-state index is 11.8. The number of ether oxygens (including phenoxy) is 1. The van der Waals surface area contributed by atoms with Crippen LogP contribution in [-0.2, 0) is 9.53 Å². The summed E-state index contributed by atoms with van der Waals surface area (Å²) in [5.41, 5.74) is 1.16. The lowest BCUT2D eigenvalue weighted by Gasteiger charge is -2.01. The standard InChI is InChI=1S/C14H17ClO2/c1-3-11-12(13(11)14(16)17-4-2)9-6-5-7-10(15)8-9/h5-8,11-13H,3-4H2,1-2H3/t11-,12+,13?/m1/s1. The molecule has 0 amide bonds. The molecule has 0 radical (unpaired) electrons. The molecule has 17 heavy (non-hydrogen) atoms. The van der Waals surface area contributed by atoms with Crippen molar-refractivity contribution < 1.29 is 9.53 Å². The Morgan fingerprint density at radius 1 is 1.41 bits per heavy atom. The topological polar surface area (TPSA) is 26.3 Å². The second-order valence-electron chi connectivity index (χ2n) is 4.43. The number of rotatable bonds is 4. The molecule has 2 nitrogen and oxygen atoms in total. The normalized spacial score (nSPS) is 26.6. The van der Waals surface area contributed by atoms with Crippen molar-refractivity contribution in [2.45, 2.75) is 26.2 Å². The van der Waals surface area contributed by atoms with Gasteiger partial charge < -0.3 is 4.74 Å². The Labute approximate surface area is 107 Å². The van der Waals surface area contributed by atoms with Crippen molar-refractivity contribution in [3.63, 3.8) is 0 Å². The number of carbonyl (C=O) groups excluding carboxylic acids is 1. The summed E-state index contributed by atoms with van der Waals surface area (Å²) < 4.78 is 5.11. The summed E-state index contributed by atoms with van der Waals surface area (Å²) >= 11 is 5.98. The van der Waals surface area contributed by atoms with Gasteiger partial charge in [0, 0.05) is 10.9 Å². The maximum Gasteiger partial charge on any atom is 0.309 e. The molecule has 3 heteroatoms. The predicted molar refractivity (Wildman–Crippen MR) is 68.1 cm³/mol. The Morgan fingerprint density at radius 2 is 2.18 bits per heavy atom. The van der Waals surface area contributed by atoms with Gasteiger partial charge >= 0.3 is 5.97 Å². The molecule has 1 aliphatic carbocycles. The molecular formula is C14H17ClO2. The minimum Gasteiger partial charge on any atom is -0.466 e. The molecule has 92 valence electrons. The molecule has 1 saturated carbocycles. The monoisotopic (exact) mass is 252 g/mol. The molecule has 0 aliphatic heterocycles. The second-order valence-corrected chi connectivity index (χ2v) is 4.87.